The van der Waals surface area contributed by atoms with Crippen LogP contribution in [0.5, 0.6) is 0 Å². The summed E-state index contributed by atoms with van der Waals surface area (Å²) in [5.41, 5.74) is 6.81. The Labute approximate surface area is 126 Å². The van der Waals surface area contributed by atoms with Crippen LogP contribution < -0.4 is 11.1 Å². The van der Waals surface area contributed by atoms with Crippen LogP contribution in [0.1, 0.15) is 24.8 Å². The van der Waals surface area contributed by atoms with Crippen molar-refractivity contribution in [3.05, 3.63) is 48.0 Å². The molecule has 3 rings (SSSR count). The summed E-state index contributed by atoms with van der Waals surface area (Å²) in [6.45, 7) is 2.43. The second kappa shape index (κ2) is 7.03. The van der Waals surface area contributed by atoms with Gasteiger partial charge in [0.15, 0.2) is 0 Å². The highest BCUT2D eigenvalue weighted by Gasteiger charge is 2.23. The Bertz CT molecular complexity index is 584. The molecule has 3 N–H and O–H groups in total. The summed E-state index contributed by atoms with van der Waals surface area (Å²) < 4.78 is 6.05. The Hall–Kier alpha value is -1.42. The second-order valence-electron chi connectivity index (χ2n) is 5.89. The Kier molecular flexibility index (Phi) is 4.86. The highest BCUT2D eigenvalue weighted by Crippen LogP contribution is 2.19. The molecule has 3 heteroatoms. The minimum atomic E-state index is 0.333. The minimum absolute atomic E-state index is 0.333. The molecule has 3 nitrogen and oxygen atoms in total. The molecule has 1 heterocycles. The molecule has 0 amide bonds. The van der Waals surface area contributed by atoms with Crippen LogP contribution in [0.2, 0.25) is 0 Å². The molecule has 1 aliphatic rings. The molecule has 1 aliphatic heterocycles. The molecular formula is C18H24N2O. The molecule has 0 saturated carbocycles. The van der Waals surface area contributed by atoms with Gasteiger partial charge in [0.25, 0.3) is 0 Å². The van der Waals surface area contributed by atoms with Gasteiger partial charge in [0, 0.05) is 12.6 Å². The first-order chi connectivity index (χ1) is 10.3. The standard InChI is InChI=1S/C18H24N2O/c19-9-3-6-17-11-18(12-20-17)21-13-14-7-8-15-4-1-2-5-16(15)10-14/h1-2,4-5,7-8,10,17-18,20H,3,6,9,11-13,19H2. The van der Waals surface area contributed by atoms with E-state index in [-0.39, 0.29) is 0 Å². The maximum absolute atomic E-state index is 6.05. The monoisotopic (exact) mass is 284 g/mol. The van der Waals surface area contributed by atoms with Gasteiger partial charge in [-0.05, 0) is 48.2 Å². The van der Waals surface area contributed by atoms with E-state index in [0.717, 1.165) is 32.4 Å². The van der Waals surface area contributed by atoms with Crippen molar-refractivity contribution in [3.63, 3.8) is 0 Å². The van der Waals surface area contributed by atoms with Crippen molar-refractivity contribution in [2.45, 2.75) is 38.0 Å². The second-order valence-corrected chi connectivity index (χ2v) is 5.89. The highest BCUT2D eigenvalue weighted by molar-refractivity contribution is 5.82. The van der Waals surface area contributed by atoms with E-state index in [1.54, 1.807) is 0 Å². The van der Waals surface area contributed by atoms with Gasteiger partial charge in [-0.25, -0.2) is 0 Å². The first-order valence-corrected chi connectivity index (χ1v) is 7.88. The Balaban J connectivity index is 1.52. The fourth-order valence-corrected chi connectivity index (χ4v) is 3.04. The van der Waals surface area contributed by atoms with Gasteiger partial charge < -0.3 is 15.8 Å². The van der Waals surface area contributed by atoms with Crippen molar-refractivity contribution >= 4 is 10.8 Å². The number of nitrogens with one attached hydrogen (secondary N) is 1. The van der Waals surface area contributed by atoms with Gasteiger partial charge in [0.05, 0.1) is 12.7 Å². The molecule has 112 valence electrons. The minimum Gasteiger partial charge on any atom is -0.372 e. The molecular weight excluding hydrogens is 260 g/mol. The summed E-state index contributed by atoms with van der Waals surface area (Å²) in [5.74, 6) is 0. The van der Waals surface area contributed by atoms with E-state index >= 15 is 0 Å². The van der Waals surface area contributed by atoms with Crippen LogP contribution in [0.4, 0.5) is 0 Å². The zero-order chi connectivity index (χ0) is 14.5. The number of rotatable bonds is 6. The third-order valence-corrected chi connectivity index (χ3v) is 4.24. The van der Waals surface area contributed by atoms with Crippen molar-refractivity contribution in [2.24, 2.45) is 5.73 Å². The summed E-state index contributed by atoms with van der Waals surface area (Å²) in [4.78, 5) is 0. The van der Waals surface area contributed by atoms with Crippen molar-refractivity contribution in [2.75, 3.05) is 13.1 Å². The molecule has 2 unspecified atom stereocenters. The highest BCUT2D eigenvalue weighted by atomic mass is 16.5. The molecule has 0 aromatic heterocycles. The quantitative estimate of drug-likeness (QED) is 0.857. The lowest BCUT2D eigenvalue weighted by Gasteiger charge is -2.12. The molecule has 1 fully saturated rings. The average Bonchev–Trinajstić information content (AvgIpc) is 2.98. The first kappa shape index (κ1) is 14.5. The predicted octanol–water partition coefficient (Wildman–Crippen LogP) is 2.83. The lowest BCUT2D eigenvalue weighted by Crippen LogP contribution is -2.22. The zero-order valence-corrected chi connectivity index (χ0v) is 12.4. The summed E-state index contributed by atoms with van der Waals surface area (Å²) in [6.07, 6.45) is 3.69. The SMILES string of the molecule is NCCCC1CC(OCc2ccc3ccccc3c2)CN1. The smallest absolute Gasteiger partial charge is 0.0721 e. The Morgan fingerprint density at radius 1 is 1.14 bits per heavy atom. The van der Waals surface area contributed by atoms with Crippen LogP contribution in [0.3, 0.4) is 0 Å². The van der Waals surface area contributed by atoms with Crippen molar-refractivity contribution in [1.82, 2.24) is 5.32 Å². The maximum atomic E-state index is 6.05. The number of fused-ring (bicyclic) bond motifs is 1. The van der Waals surface area contributed by atoms with E-state index in [2.05, 4.69) is 47.8 Å². The first-order valence-electron chi connectivity index (χ1n) is 7.88. The zero-order valence-electron chi connectivity index (χ0n) is 12.4. The van der Waals surface area contributed by atoms with Gasteiger partial charge in [-0.15, -0.1) is 0 Å². The fraction of sp³-hybridized carbons (Fsp3) is 0.444. The Morgan fingerprint density at radius 3 is 2.86 bits per heavy atom. The van der Waals surface area contributed by atoms with Crippen LogP contribution >= 0.6 is 0 Å². The molecule has 0 radical (unpaired) electrons. The van der Waals surface area contributed by atoms with Gasteiger partial charge >= 0.3 is 0 Å². The van der Waals surface area contributed by atoms with Gasteiger partial charge in [-0.1, -0.05) is 36.4 Å². The summed E-state index contributed by atoms with van der Waals surface area (Å²) in [7, 11) is 0. The van der Waals surface area contributed by atoms with Crippen LogP contribution in [0.15, 0.2) is 42.5 Å². The number of ether oxygens (including phenoxy) is 1. The third-order valence-electron chi connectivity index (χ3n) is 4.24. The number of hydrogen-bond donors (Lipinski definition) is 2. The van der Waals surface area contributed by atoms with E-state index in [0.29, 0.717) is 18.8 Å². The molecule has 0 aliphatic carbocycles. The van der Waals surface area contributed by atoms with Crippen LogP contribution in [-0.4, -0.2) is 25.2 Å². The normalized spacial score (nSPS) is 22.0. The van der Waals surface area contributed by atoms with E-state index < -0.39 is 0 Å². The Morgan fingerprint density at radius 2 is 2.00 bits per heavy atom. The number of hydrogen-bond acceptors (Lipinski definition) is 3. The van der Waals surface area contributed by atoms with Gasteiger partial charge in [0.2, 0.25) is 0 Å². The molecule has 2 aromatic carbocycles. The largest absolute Gasteiger partial charge is 0.372 e. The van der Waals surface area contributed by atoms with Gasteiger partial charge in [-0.3, -0.25) is 0 Å². The predicted molar refractivity (Wildman–Crippen MR) is 87.2 cm³/mol. The van der Waals surface area contributed by atoms with Crippen LogP contribution in [0, 0.1) is 0 Å². The van der Waals surface area contributed by atoms with Crippen molar-refractivity contribution < 1.29 is 4.74 Å². The van der Waals surface area contributed by atoms with Crippen LogP contribution in [0.25, 0.3) is 10.8 Å². The lowest BCUT2D eigenvalue weighted by atomic mass is 10.1. The summed E-state index contributed by atoms with van der Waals surface area (Å²) in [6, 6.07) is 15.6. The third kappa shape index (κ3) is 3.82. The van der Waals surface area contributed by atoms with E-state index in [4.69, 9.17) is 10.5 Å². The van der Waals surface area contributed by atoms with Crippen molar-refractivity contribution in [3.8, 4) is 0 Å². The van der Waals surface area contributed by atoms with Gasteiger partial charge in [0.1, 0.15) is 0 Å². The van der Waals surface area contributed by atoms with E-state index in [1.807, 2.05) is 0 Å². The number of nitrogens with two attached hydrogens (primary N) is 1. The average molecular weight is 284 g/mol. The maximum Gasteiger partial charge on any atom is 0.0721 e. The fourth-order valence-electron chi connectivity index (χ4n) is 3.04. The van der Waals surface area contributed by atoms with Crippen molar-refractivity contribution in [1.29, 1.82) is 0 Å². The molecule has 0 spiro atoms. The molecule has 1 saturated heterocycles. The summed E-state index contributed by atoms with van der Waals surface area (Å²) in [5, 5.41) is 6.09. The molecule has 2 atom stereocenters. The summed E-state index contributed by atoms with van der Waals surface area (Å²) >= 11 is 0. The molecule has 21 heavy (non-hydrogen) atoms. The molecule has 2 aromatic rings. The lowest BCUT2D eigenvalue weighted by molar-refractivity contribution is 0.0524. The van der Waals surface area contributed by atoms with E-state index in [9.17, 15) is 0 Å². The topological polar surface area (TPSA) is 47.3 Å². The van der Waals surface area contributed by atoms with Gasteiger partial charge in [-0.2, -0.15) is 0 Å². The molecule has 0 bridgehead atoms. The van der Waals surface area contributed by atoms with E-state index in [1.165, 1.54) is 16.3 Å². The number of benzene rings is 2. The van der Waals surface area contributed by atoms with Crippen LogP contribution in [-0.2, 0) is 11.3 Å².